The van der Waals surface area contributed by atoms with Crippen molar-refractivity contribution in [3.8, 4) is 0 Å². The second-order valence-electron chi connectivity index (χ2n) is 9.03. The normalized spacial score (nSPS) is 30.3. The molecule has 29 heavy (non-hydrogen) atoms. The van der Waals surface area contributed by atoms with Crippen LogP contribution in [-0.2, 0) is 20.7 Å². The molecule has 158 valence electrons. The third-order valence-corrected chi connectivity index (χ3v) is 7.07. The van der Waals surface area contributed by atoms with Gasteiger partial charge in [0.1, 0.15) is 0 Å². The minimum Gasteiger partial charge on any atom is -0.469 e. The van der Waals surface area contributed by atoms with E-state index in [0.29, 0.717) is 23.9 Å². The molecule has 6 nitrogen and oxygen atoms in total. The molecule has 0 saturated carbocycles. The lowest BCUT2D eigenvalue weighted by molar-refractivity contribution is -0.147. The molecule has 3 saturated heterocycles. The Morgan fingerprint density at radius 2 is 1.97 bits per heavy atom. The van der Waals surface area contributed by atoms with Crippen LogP contribution in [0.3, 0.4) is 0 Å². The fraction of sp³-hybridized carbons (Fsp3) is 0.652. The first-order chi connectivity index (χ1) is 14.0. The second-order valence-corrected chi connectivity index (χ2v) is 9.03. The van der Waals surface area contributed by atoms with Gasteiger partial charge in [0, 0.05) is 31.7 Å². The molecule has 2 N–H and O–H groups in total. The van der Waals surface area contributed by atoms with Crippen molar-refractivity contribution >= 4 is 11.9 Å². The van der Waals surface area contributed by atoms with Crippen molar-refractivity contribution in [2.45, 2.75) is 56.7 Å². The van der Waals surface area contributed by atoms with Gasteiger partial charge in [-0.15, -0.1) is 0 Å². The summed E-state index contributed by atoms with van der Waals surface area (Å²) in [7, 11) is 1.33. The lowest BCUT2D eigenvalue weighted by Crippen LogP contribution is -2.63. The Morgan fingerprint density at radius 1 is 1.17 bits per heavy atom. The zero-order valence-corrected chi connectivity index (χ0v) is 17.3. The Hall–Kier alpha value is -1.92. The maximum absolute atomic E-state index is 12.8. The number of esters is 1. The van der Waals surface area contributed by atoms with Crippen molar-refractivity contribution in [3.63, 3.8) is 0 Å². The van der Waals surface area contributed by atoms with Gasteiger partial charge in [0.2, 0.25) is 5.91 Å². The lowest BCUT2D eigenvalue weighted by atomic mass is 9.74. The lowest BCUT2D eigenvalue weighted by Gasteiger charge is -2.55. The smallest absolute Gasteiger partial charge is 0.307 e. The quantitative estimate of drug-likeness (QED) is 0.765. The first kappa shape index (κ1) is 20.4. The number of hydrogen-bond acceptors (Lipinski definition) is 5. The summed E-state index contributed by atoms with van der Waals surface area (Å²) in [5.74, 6) is 0.478. The van der Waals surface area contributed by atoms with Crippen LogP contribution in [0, 0.1) is 11.8 Å². The van der Waals surface area contributed by atoms with Crippen LogP contribution >= 0.6 is 0 Å². The fourth-order valence-corrected chi connectivity index (χ4v) is 5.78. The summed E-state index contributed by atoms with van der Waals surface area (Å²) in [5, 5.41) is 0. The maximum Gasteiger partial charge on any atom is 0.307 e. The molecule has 1 aromatic rings. The van der Waals surface area contributed by atoms with Crippen LogP contribution in [0.1, 0.15) is 37.7 Å². The van der Waals surface area contributed by atoms with E-state index in [1.807, 2.05) is 4.90 Å². The molecule has 0 radical (unpaired) electrons. The number of ether oxygens (including phenoxy) is 1. The van der Waals surface area contributed by atoms with Crippen molar-refractivity contribution in [1.82, 2.24) is 9.80 Å². The predicted molar refractivity (Wildman–Crippen MR) is 111 cm³/mol. The molecule has 5 atom stereocenters. The largest absolute Gasteiger partial charge is 0.469 e. The van der Waals surface area contributed by atoms with Crippen LogP contribution in [0.25, 0.3) is 0 Å². The van der Waals surface area contributed by atoms with Crippen molar-refractivity contribution in [2.24, 2.45) is 17.6 Å². The maximum atomic E-state index is 12.8. The van der Waals surface area contributed by atoms with Gasteiger partial charge in [0.25, 0.3) is 0 Å². The van der Waals surface area contributed by atoms with Gasteiger partial charge in [-0.25, -0.2) is 0 Å². The van der Waals surface area contributed by atoms with Crippen molar-refractivity contribution in [3.05, 3.63) is 35.9 Å². The Labute approximate surface area is 173 Å². The fourth-order valence-electron chi connectivity index (χ4n) is 5.78. The summed E-state index contributed by atoms with van der Waals surface area (Å²) in [6.45, 7) is 2.59. The van der Waals surface area contributed by atoms with Crippen LogP contribution in [0.5, 0.6) is 0 Å². The molecule has 1 amide bonds. The van der Waals surface area contributed by atoms with E-state index in [0.717, 1.165) is 26.1 Å². The number of hydrogen-bond donors (Lipinski definition) is 1. The second kappa shape index (κ2) is 8.84. The highest BCUT2D eigenvalue weighted by Crippen LogP contribution is 2.40. The number of piperidine rings is 3. The first-order valence-electron chi connectivity index (χ1n) is 11.0. The molecular formula is C23H33N3O3. The molecule has 0 unspecified atom stereocenters. The highest BCUT2D eigenvalue weighted by Gasteiger charge is 2.45. The summed E-state index contributed by atoms with van der Waals surface area (Å²) in [4.78, 5) is 29.0. The molecule has 1 aromatic carbocycles. The van der Waals surface area contributed by atoms with E-state index in [1.165, 1.54) is 38.4 Å². The van der Waals surface area contributed by atoms with Gasteiger partial charge in [-0.2, -0.15) is 0 Å². The molecule has 6 heteroatoms. The number of methoxy groups -OCH3 is 1. The topological polar surface area (TPSA) is 75.9 Å². The average molecular weight is 400 g/mol. The summed E-state index contributed by atoms with van der Waals surface area (Å²) < 4.78 is 4.67. The summed E-state index contributed by atoms with van der Waals surface area (Å²) in [6.07, 6.45) is 6.01. The molecule has 3 aliphatic heterocycles. The molecule has 2 bridgehead atoms. The van der Waals surface area contributed by atoms with E-state index in [9.17, 15) is 9.59 Å². The van der Waals surface area contributed by atoms with Crippen LogP contribution in [0.15, 0.2) is 30.3 Å². The van der Waals surface area contributed by atoms with E-state index in [-0.39, 0.29) is 12.3 Å². The van der Waals surface area contributed by atoms with E-state index < -0.39 is 12.0 Å². The van der Waals surface area contributed by atoms with Gasteiger partial charge in [-0.1, -0.05) is 36.8 Å². The van der Waals surface area contributed by atoms with Crippen LogP contribution in [0.4, 0.5) is 0 Å². The minimum absolute atomic E-state index is 0.0458. The van der Waals surface area contributed by atoms with E-state index in [4.69, 9.17) is 5.73 Å². The molecule has 3 fully saturated rings. The Balaban J connectivity index is 1.42. The number of amides is 1. The Kier molecular flexibility index (Phi) is 6.20. The highest BCUT2D eigenvalue weighted by atomic mass is 16.5. The molecule has 4 rings (SSSR count). The van der Waals surface area contributed by atoms with Crippen LogP contribution < -0.4 is 5.73 Å². The number of benzene rings is 1. The van der Waals surface area contributed by atoms with Gasteiger partial charge in [0.05, 0.1) is 19.6 Å². The number of fused-ring (bicyclic) bond motifs is 4. The van der Waals surface area contributed by atoms with Crippen LogP contribution in [0.2, 0.25) is 0 Å². The zero-order valence-electron chi connectivity index (χ0n) is 17.3. The highest BCUT2D eigenvalue weighted by molar-refractivity contribution is 5.86. The van der Waals surface area contributed by atoms with E-state index >= 15 is 0 Å². The average Bonchev–Trinajstić information content (AvgIpc) is 2.74. The molecule has 0 spiro atoms. The standard InChI is InChI=1S/C23H33N3O3/c1-29-22(27)12-20(24)23(28)25-13-17-10-18(15-25)21-9-5-8-19(26(21)14-17)11-16-6-3-2-4-7-16/h2-4,6-7,17-21H,5,8-15,24H2,1H3/t17-,18+,19+,20-,21-/m0/s1. The van der Waals surface area contributed by atoms with Gasteiger partial charge >= 0.3 is 5.97 Å². The van der Waals surface area contributed by atoms with Crippen molar-refractivity contribution < 1.29 is 14.3 Å². The molecule has 0 aliphatic carbocycles. The van der Waals surface area contributed by atoms with Gasteiger partial charge < -0.3 is 15.4 Å². The summed E-state index contributed by atoms with van der Waals surface area (Å²) in [5.41, 5.74) is 7.43. The third-order valence-electron chi connectivity index (χ3n) is 7.07. The van der Waals surface area contributed by atoms with Gasteiger partial charge in [0.15, 0.2) is 0 Å². The number of nitrogens with two attached hydrogens (primary N) is 1. The number of carbonyl (C=O) groups excluding carboxylic acids is 2. The van der Waals surface area contributed by atoms with E-state index in [1.54, 1.807) is 0 Å². The third kappa shape index (κ3) is 4.48. The SMILES string of the molecule is COC(=O)C[C@H](N)C(=O)N1C[C@@H]2C[C@H](C1)[C@@H]1CCC[C@H](Cc3ccccc3)N1C2. The molecule has 3 heterocycles. The summed E-state index contributed by atoms with van der Waals surface area (Å²) in [6, 6.07) is 11.2. The zero-order chi connectivity index (χ0) is 20.4. The van der Waals surface area contributed by atoms with Crippen LogP contribution in [-0.4, -0.2) is 66.5 Å². The van der Waals surface area contributed by atoms with Gasteiger partial charge in [-0.05, 0) is 43.1 Å². The molecule has 3 aliphatic rings. The molecule has 0 aromatic heterocycles. The van der Waals surface area contributed by atoms with E-state index in [2.05, 4.69) is 40.0 Å². The number of likely N-dealkylation sites (tertiary alicyclic amines) is 1. The first-order valence-corrected chi connectivity index (χ1v) is 11.0. The van der Waals surface area contributed by atoms with Gasteiger partial charge in [-0.3, -0.25) is 14.5 Å². The Bertz CT molecular complexity index is 725. The monoisotopic (exact) mass is 399 g/mol. The Morgan fingerprint density at radius 3 is 2.72 bits per heavy atom. The molecular weight excluding hydrogens is 366 g/mol. The summed E-state index contributed by atoms with van der Waals surface area (Å²) >= 11 is 0. The minimum atomic E-state index is -0.797. The van der Waals surface area contributed by atoms with Crippen molar-refractivity contribution in [1.29, 1.82) is 0 Å². The number of nitrogens with zero attached hydrogens (tertiary/aromatic N) is 2. The van der Waals surface area contributed by atoms with Crippen molar-refractivity contribution in [2.75, 3.05) is 26.7 Å². The number of rotatable bonds is 5. The number of carbonyl (C=O) groups is 2. The predicted octanol–water partition coefficient (Wildman–Crippen LogP) is 1.82.